The third-order valence-electron chi connectivity index (χ3n) is 3.73. The maximum atomic E-state index is 5.31. The van der Waals surface area contributed by atoms with E-state index < -0.39 is 0 Å². The maximum Gasteiger partial charge on any atom is 0.130 e. The highest BCUT2D eigenvalue weighted by Crippen LogP contribution is 2.33. The molecular weight excluding hydrogens is 284 g/mol. The highest BCUT2D eigenvalue weighted by Gasteiger charge is 2.18. The van der Waals surface area contributed by atoms with Crippen molar-refractivity contribution in [1.29, 1.82) is 0 Å². The number of aromatic nitrogens is 2. The van der Waals surface area contributed by atoms with Crippen molar-refractivity contribution in [3.8, 4) is 0 Å². The van der Waals surface area contributed by atoms with Gasteiger partial charge in [0.25, 0.3) is 0 Å². The summed E-state index contributed by atoms with van der Waals surface area (Å²) in [5.74, 6) is 2.49. The van der Waals surface area contributed by atoms with Crippen molar-refractivity contribution in [2.75, 3.05) is 0 Å². The Kier molecular flexibility index (Phi) is 4.53. The van der Waals surface area contributed by atoms with E-state index in [4.69, 9.17) is 12.2 Å². The van der Waals surface area contributed by atoms with E-state index in [1.54, 1.807) is 11.8 Å². The van der Waals surface area contributed by atoms with Gasteiger partial charge in [-0.25, -0.2) is 4.98 Å². The van der Waals surface area contributed by atoms with Gasteiger partial charge < -0.3 is 4.98 Å². The summed E-state index contributed by atoms with van der Waals surface area (Å²) < 4.78 is 0.717. The van der Waals surface area contributed by atoms with E-state index in [0.717, 1.165) is 11.6 Å². The lowest BCUT2D eigenvalue weighted by Crippen LogP contribution is -2.02. The predicted molar refractivity (Wildman–Crippen MR) is 86.6 cm³/mol. The molecule has 1 aromatic carbocycles. The minimum absolute atomic E-state index is 0.653. The molecule has 1 heterocycles. The molecule has 1 saturated carbocycles. The average molecular weight is 302 g/mol. The summed E-state index contributed by atoms with van der Waals surface area (Å²) in [4.78, 5) is 9.22. The Morgan fingerprint density at radius 1 is 1.20 bits per heavy atom. The third-order valence-corrected chi connectivity index (χ3v) is 4.96. The first-order chi connectivity index (χ1) is 9.81. The fourth-order valence-corrected chi connectivity index (χ4v) is 3.75. The molecule has 1 aromatic heterocycles. The van der Waals surface area contributed by atoms with E-state index in [1.165, 1.54) is 36.3 Å². The van der Waals surface area contributed by atoms with Crippen LogP contribution < -0.4 is 0 Å². The van der Waals surface area contributed by atoms with Crippen molar-refractivity contribution < 1.29 is 0 Å². The van der Waals surface area contributed by atoms with E-state index in [1.807, 2.05) is 12.1 Å². The van der Waals surface area contributed by atoms with Crippen LogP contribution in [0, 0.1) is 4.64 Å². The smallest absolute Gasteiger partial charge is 0.130 e. The zero-order valence-corrected chi connectivity index (χ0v) is 13.0. The standard InChI is InChI=1S/C16H18N2S2/c19-16-10-14(12-6-4-5-7-12)17-15(18-16)11-20-13-8-2-1-3-9-13/h1-3,8-10,12H,4-7,11H2,(H,17,18,19). The van der Waals surface area contributed by atoms with Crippen LogP contribution >= 0.6 is 24.0 Å². The van der Waals surface area contributed by atoms with Crippen molar-refractivity contribution in [2.45, 2.75) is 42.2 Å². The molecule has 0 amide bonds. The van der Waals surface area contributed by atoms with Gasteiger partial charge in [-0.15, -0.1) is 11.8 Å². The third kappa shape index (κ3) is 3.49. The molecule has 0 aliphatic heterocycles. The number of thioether (sulfide) groups is 1. The van der Waals surface area contributed by atoms with Gasteiger partial charge in [-0.2, -0.15) is 0 Å². The monoisotopic (exact) mass is 302 g/mol. The Morgan fingerprint density at radius 2 is 1.95 bits per heavy atom. The average Bonchev–Trinajstić information content (AvgIpc) is 3.00. The van der Waals surface area contributed by atoms with Gasteiger partial charge in [-0.05, 0) is 37.0 Å². The second kappa shape index (κ2) is 6.55. The lowest BCUT2D eigenvalue weighted by Gasteiger charge is -2.11. The Morgan fingerprint density at radius 3 is 2.70 bits per heavy atom. The molecule has 0 bridgehead atoms. The first-order valence-corrected chi connectivity index (χ1v) is 8.48. The Hall–Kier alpha value is -1.13. The van der Waals surface area contributed by atoms with Crippen LogP contribution in [0.25, 0.3) is 0 Å². The predicted octanol–water partition coefficient (Wildman–Crippen LogP) is 5.09. The summed E-state index contributed by atoms with van der Waals surface area (Å²) in [5, 5.41) is 0. The zero-order chi connectivity index (χ0) is 13.8. The number of hydrogen-bond acceptors (Lipinski definition) is 3. The Bertz CT molecular complexity index is 616. The van der Waals surface area contributed by atoms with Crippen molar-refractivity contribution in [2.24, 2.45) is 0 Å². The van der Waals surface area contributed by atoms with E-state index in [-0.39, 0.29) is 0 Å². The van der Waals surface area contributed by atoms with Gasteiger partial charge in [-0.3, -0.25) is 0 Å². The summed E-state index contributed by atoms with van der Waals surface area (Å²) in [6.07, 6.45) is 5.23. The summed E-state index contributed by atoms with van der Waals surface area (Å²) >= 11 is 7.11. The second-order valence-corrected chi connectivity index (χ2v) is 6.67. The van der Waals surface area contributed by atoms with Crippen LogP contribution in [-0.2, 0) is 5.75 Å². The molecule has 1 N–H and O–H groups in total. The largest absolute Gasteiger partial charge is 0.346 e. The molecule has 4 heteroatoms. The van der Waals surface area contributed by atoms with Crippen molar-refractivity contribution >= 4 is 24.0 Å². The molecule has 1 aliphatic carbocycles. The molecule has 3 rings (SSSR count). The first kappa shape index (κ1) is 13.8. The number of benzene rings is 1. The van der Waals surface area contributed by atoms with E-state index in [0.29, 0.717) is 10.6 Å². The topological polar surface area (TPSA) is 28.7 Å². The number of hydrogen-bond donors (Lipinski definition) is 1. The van der Waals surface area contributed by atoms with Crippen LogP contribution in [0.3, 0.4) is 0 Å². The fourth-order valence-electron chi connectivity index (χ4n) is 2.72. The number of rotatable bonds is 4. The molecule has 0 atom stereocenters. The molecule has 2 aromatic rings. The quantitative estimate of drug-likeness (QED) is 0.630. The van der Waals surface area contributed by atoms with Crippen LogP contribution in [0.5, 0.6) is 0 Å². The maximum absolute atomic E-state index is 5.31. The molecule has 1 fully saturated rings. The first-order valence-electron chi connectivity index (χ1n) is 7.09. The van der Waals surface area contributed by atoms with Crippen LogP contribution in [0.4, 0.5) is 0 Å². The van der Waals surface area contributed by atoms with E-state index >= 15 is 0 Å². The fraction of sp³-hybridized carbons (Fsp3) is 0.375. The van der Waals surface area contributed by atoms with Gasteiger partial charge in [-0.1, -0.05) is 43.3 Å². The molecule has 104 valence electrons. The number of nitrogens with one attached hydrogen (secondary N) is 1. The molecule has 0 radical (unpaired) electrons. The normalized spacial score (nSPS) is 15.6. The molecule has 1 aliphatic rings. The molecule has 20 heavy (non-hydrogen) atoms. The lowest BCUT2D eigenvalue weighted by atomic mass is 10.0. The van der Waals surface area contributed by atoms with Gasteiger partial charge in [0, 0.05) is 10.6 Å². The number of nitrogens with zero attached hydrogens (tertiary/aromatic N) is 1. The minimum atomic E-state index is 0.653. The molecule has 0 spiro atoms. The molecular formula is C16H18N2S2. The van der Waals surface area contributed by atoms with Crippen molar-refractivity contribution in [3.63, 3.8) is 0 Å². The van der Waals surface area contributed by atoms with Crippen LogP contribution in [-0.4, -0.2) is 9.97 Å². The minimum Gasteiger partial charge on any atom is -0.346 e. The summed E-state index contributed by atoms with van der Waals surface area (Å²) in [6, 6.07) is 12.5. The number of aromatic amines is 1. The van der Waals surface area contributed by atoms with Crippen LogP contribution in [0.2, 0.25) is 0 Å². The van der Waals surface area contributed by atoms with Gasteiger partial charge in [0.05, 0.1) is 5.75 Å². The highest BCUT2D eigenvalue weighted by molar-refractivity contribution is 7.98. The van der Waals surface area contributed by atoms with Crippen molar-refractivity contribution in [3.05, 3.63) is 52.6 Å². The summed E-state index contributed by atoms with van der Waals surface area (Å²) in [5.41, 5.74) is 1.28. The second-order valence-electron chi connectivity index (χ2n) is 5.20. The Balaban J connectivity index is 1.74. The van der Waals surface area contributed by atoms with Gasteiger partial charge in [0.2, 0.25) is 0 Å². The Labute approximate surface area is 129 Å². The van der Waals surface area contributed by atoms with Gasteiger partial charge >= 0.3 is 0 Å². The number of H-pyrrole nitrogens is 1. The van der Waals surface area contributed by atoms with Gasteiger partial charge in [0.1, 0.15) is 10.5 Å². The molecule has 2 nitrogen and oxygen atoms in total. The lowest BCUT2D eigenvalue weighted by molar-refractivity contribution is 0.687. The van der Waals surface area contributed by atoms with Crippen LogP contribution in [0.15, 0.2) is 41.3 Å². The molecule has 0 saturated heterocycles. The summed E-state index contributed by atoms with van der Waals surface area (Å²) in [6.45, 7) is 0. The zero-order valence-electron chi connectivity index (χ0n) is 11.3. The van der Waals surface area contributed by atoms with E-state index in [2.05, 4.69) is 34.2 Å². The van der Waals surface area contributed by atoms with Gasteiger partial charge in [0.15, 0.2) is 0 Å². The van der Waals surface area contributed by atoms with Crippen molar-refractivity contribution in [1.82, 2.24) is 9.97 Å². The summed E-state index contributed by atoms with van der Waals surface area (Å²) in [7, 11) is 0. The molecule has 0 unspecified atom stereocenters. The SMILES string of the molecule is S=c1cc(C2CCCC2)[nH]c(CSc2ccccc2)n1. The van der Waals surface area contributed by atoms with E-state index in [9.17, 15) is 0 Å². The highest BCUT2D eigenvalue weighted by atomic mass is 32.2. The van der Waals surface area contributed by atoms with Crippen LogP contribution in [0.1, 0.15) is 43.1 Å².